The Hall–Kier alpha value is -1.26. The number of carbonyl (C=O) groups is 2. The van der Waals surface area contributed by atoms with E-state index in [1.54, 1.807) is 4.90 Å². The summed E-state index contributed by atoms with van der Waals surface area (Å²) in [4.78, 5) is 25.4. The number of urea groups is 1. The van der Waals surface area contributed by atoms with Gasteiger partial charge in [-0.15, -0.1) is 0 Å². The Morgan fingerprint density at radius 2 is 2.10 bits per heavy atom. The number of nitrogens with zero attached hydrogens (tertiary/aromatic N) is 1. The number of nitrogens with one attached hydrogen (secondary N) is 1. The van der Waals surface area contributed by atoms with Crippen LogP contribution in [0.25, 0.3) is 0 Å². The average molecular weight is 284 g/mol. The first-order valence-electron chi connectivity index (χ1n) is 7.67. The highest BCUT2D eigenvalue weighted by atomic mass is 16.4. The fourth-order valence-electron chi connectivity index (χ4n) is 2.85. The lowest BCUT2D eigenvalue weighted by atomic mass is 9.76. The van der Waals surface area contributed by atoms with Gasteiger partial charge in [-0.3, -0.25) is 4.79 Å². The summed E-state index contributed by atoms with van der Waals surface area (Å²) in [5, 5.41) is 12.4. The molecule has 0 bridgehead atoms. The smallest absolute Gasteiger partial charge is 0.317 e. The molecule has 2 N–H and O–H groups in total. The van der Waals surface area contributed by atoms with E-state index in [1.807, 2.05) is 6.92 Å². The monoisotopic (exact) mass is 284 g/mol. The third-order valence-electron chi connectivity index (χ3n) is 4.04. The zero-order valence-corrected chi connectivity index (χ0v) is 12.9. The Morgan fingerprint density at radius 1 is 1.40 bits per heavy atom. The predicted octanol–water partition coefficient (Wildman–Crippen LogP) is 2.71. The van der Waals surface area contributed by atoms with Gasteiger partial charge in [0.05, 0.1) is 5.41 Å². The molecule has 2 amide bonds. The lowest BCUT2D eigenvalue weighted by molar-refractivity contribution is -0.152. The van der Waals surface area contributed by atoms with Gasteiger partial charge < -0.3 is 15.3 Å². The van der Waals surface area contributed by atoms with Gasteiger partial charge in [0.25, 0.3) is 0 Å². The fraction of sp³-hybridized carbons (Fsp3) is 0.867. The molecule has 0 radical (unpaired) electrons. The number of carboxylic acid groups (broad SMARTS) is 1. The van der Waals surface area contributed by atoms with Crippen LogP contribution in [0, 0.1) is 11.3 Å². The van der Waals surface area contributed by atoms with E-state index in [2.05, 4.69) is 19.2 Å². The number of piperidine rings is 1. The Bertz CT molecular complexity index is 340. The molecule has 1 unspecified atom stereocenters. The van der Waals surface area contributed by atoms with Crippen molar-refractivity contribution in [1.82, 2.24) is 10.2 Å². The summed E-state index contributed by atoms with van der Waals surface area (Å²) in [6, 6.07) is -0.118. The zero-order valence-electron chi connectivity index (χ0n) is 12.9. The SMILES string of the molecule is CCCC1(C(=O)O)CCCN(C(=O)NCCC(C)C)C1. The van der Waals surface area contributed by atoms with E-state index in [0.717, 1.165) is 19.3 Å². The number of hydrogen-bond acceptors (Lipinski definition) is 2. The van der Waals surface area contributed by atoms with Crippen LogP contribution in [0.5, 0.6) is 0 Å². The van der Waals surface area contributed by atoms with Gasteiger partial charge in [-0.2, -0.15) is 0 Å². The van der Waals surface area contributed by atoms with Crippen molar-refractivity contribution in [3.63, 3.8) is 0 Å². The Kier molecular flexibility index (Phi) is 6.30. The maximum Gasteiger partial charge on any atom is 0.317 e. The molecule has 116 valence electrons. The molecule has 0 aromatic heterocycles. The quantitative estimate of drug-likeness (QED) is 0.788. The van der Waals surface area contributed by atoms with Gasteiger partial charge in [-0.05, 0) is 31.6 Å². The van der Waals surface area contributed by atoms with Crippen LogP contribution in [0.3, 0.4) is 0 Å². The van der Waals surface area contributed by atoms with Crippen molar-refractivity contribution in [2.45, 2.75) is 52.9 Å². The zero-order chi connectivity index (χ0) is 15.2. The van der Waals surface area contributed by atoms with Crippen LogP contribution >= 0.6 is 0 Å². The molecule has 5 heteroatoms. The van der Waals surface area contributed by atoms with Crippen molar-refractivity contribution in [2.24, 2.45) is 11.3 Å². The second-order valence-electron chi connectivity index (χ2n) is 6.28. The van der Waals surface area contributed by atoms with Gasteiger partial charge in [0, 0.05) is 19.6 Å². The van der Waals surface area contributed by atoms with Crippen LogP contribution in [-0.4, -0.2) is 41.6 Å². The van der Waals surface area contributed by atoms with Gasteiger partial charge in [0.2, 0.25) is 0 Å². The molecule has 1 saturated heterocycles. The Labute approximate surface area is 121 Å². The number of hydrogen-bond donors (Lipinski definition) is 2. The van der Waals surface area contributed by atoms with Crippen LogP contribution in [0.1, 0.15) is 52.9 Å². The van der Waals surface area contributed by atoms with Gasteiger partial charge in [0.15, 0.2) is 0 Å². The molecule has 0 aromatic rings. The van der Waals surface area contributed by atoms with Crippen LogP contribution in [0.2, 0.25) is 0 Å². The third-order valence-corrected chi connectivity index (χ3v) is 4.04. The number of aliphatic carboxylic acids is 1. The molecule has 0 aromatic carbocycles. The molecule has 1 aliphatic rings. The molecule has 1 aliphatic heterocycles. The number of amides is 2. The molecular weight excluding hydrogens is 256 g/mol. The standard InChI is InChI=1S/C15H28N2O3/c1-4-7-15(13(18)19)8-5-10-17(11-15)14(20)16-9-6-12(2)3/h12H,4-11H2,1-3H3,(H,16,20)(H,18,19). The average Bonchev–Trinajstić information content (AvgIpc) is 2.38. The van der Waals surface area contributed by atoms with Crippen molar-refractivity contribution < 1.29 is 14.7 Å². The Balaban J connectivity index is 2.58. The Morgan fingerprint density at radius 3 is 2.65 bits per heavy atom. The second kappa shape index (κ2) is 7.50. The van der Waals surface area contributed by atoms with Crippen molar-refractivity contribution in [3.8, 4) is 0 Å². The lowest BCUT2D eigenvalue weighted by Gasteiger charge is -2.39. The number of carboxylic acids is 1. The van der Waals surface area contributed by atoms with E-state index in [9.17, 15) is 14.7 Å². The molecule has 0 spiro atoms. The topological polar surface area (TPSA) is 69.6 Å². The van der Waals surface area contributed by atoms with Crippen LogP contribution < -0.4 is 5.32 Å². The normalized spacial score (nSPS) is 22.9. The van der Waals surface area contributed by atoms with Crippen molar-refractivity contribution in [3.05, 3.63) is 0 Å². The minimum absolute atomic E-state index is 0.118. The van der Waals surface area contributed by atoms with E-state index in [-0.39, 0.29) is 6.03 Å². The van der Waals surface area contributed by atoms with Gasteiger partial charge in [-0.1, -0.05) is 27.2 Å². The molecule has 20 heavy (non-hydrogen) atoms. The highest BCUT2D eigenvalue weighted by Gasteiger charge is 2.42. The van der Waals surface area contributed by atoms with Gasteiger partial charge >= 0.3 is 12.0 Å². The third kappa shape index (κ3) is 4.39. The molecule has 0 saturated carbocycles. The van der Waals surface area contributed by atoms with Gasteiger partial charge in [0.1, 0.15) is 0 Å². The minimum Gasteiger partial charge on any atom is -0.481 e. The van der Waals surface area contributed by atoms with E-state index >= 15 is 0 Å². The lowest BCUT2D eigenvalue weighted by Crippen LogP contribution is -2.52. The fourth-order valence-corrected chi connectivity index (χ4v) is 2.85. The first-order valence-corrected chi connectivity index (χ1v) is 7.67. The van der Waals surface area contributed by atoms with Crippen molar-refractivity contribution in [2.75, 3.05) is 19.6 Å². The minimum atomic E-state index is -0.765. The molecule has 0 aliphatic carbocycles. The maximum atomic E-state index is 12.1. The highest BCUT2D eigenvalue weighted by Crippen LogP contribution is 2.35. The van der Waals surface area contributed by atoms with E-state index in [1.165, 1.54) is 0 Å². The van der Waals surface area contributed by atoms with Crippen LogP contribution in [-0.2, 0) is 4.79 Å². The van der Waals surface area contributed by atoms with E-state index in [4.69, 9.17) is 0 Å². The first-order chi connectivity index (χ1) is 9.41. The maximum absolute atomic E-state index is 12.1. The number of likely N-dealkylation sites (tertiary alicyclic amines) is 1. The number of rotatable bonds is 6. The van der Waals surface area contributed by atoms with Gasteiger partial charge in [-0.25, -0.2) is 4.79 Å². The molecule has 5 nitrogen and oxygen atoms in total. The summed E-state index contributed by atoms with van der Waals surface area (Å²) in [7, 11) is 0. The highest BCUT2D eigenvalue weighted by molar-refractivity contribution is 5.78. The first kappa shape index (κ1) is 16.8. The van der Waals surface area contributed by atoms with Crippen molar-refractivity contribution in [1.29, 1.82) is 0 Å². The van der Waals surface area contributed by atoms with E-state index in [0.29, 0.717) is 38.4 Å². The predicted molar refractivity (Wildman–Crippen MR) is 78.6 cm³/mol. The van der Waals surface area contributed by atoms with Crippen LogP contribution in [0.15, 0.2) is 0 Å². The summed E-state index contributed by atoms with van der Waals surface area (Å²) in [6.45, 7) is 7.87. The van der Waals surface area contributed by atoms with E-state index < -0.39 is 11.4 Å². The summed E-state index contributed by atoms with van der Waals surface area (Å²) in [5.74, 6) is -0.214. The summed E-state index contributed by atoms with van der Waals surface area (Å²) in [5.41, 5.74) is -0.748. The molecule has 1 atom stereocenters. The molecule has 1 heterocycles. The molecule has 1 rings (SSSR count). The largest absolute Gasteiger partial charge is 0.481 e. The van der Waals surface area contributed by atoms with Crippen LogP contribution in [0.4, 0.5) is 4.79 Å². The molecule has 1 fully saturated rings. The summed E-state index contributed by atoms with van der Waals surface area (Å²) >= 11 is 0. The summed E-state index contributed by atoms with van der Waals surface area (Å²) in [6.07, 6.45) is 3.85. The molecular formula is C15H28N2O3. The van der Waals surface area contributed by atoms with Crippen molar-refractivity contribution >= 4 is 12.0 Å². The second-order valence-corrected chi connectivity index (χ2v) is 6.28. The summed E-state index contributed by atoms with van der Waals surface area (Å²) < 4.78 is 0. The number of carbonyl (C=O) groups excluding carboxylic acids is 1.